The second kappa shape index (κ2) is 9.30. The summed E-state index contributed by atoms with van der Waals surface area (Å²) in [5.74, 6) is -1.15. The van der Waals surface area contributed by atoms with Gasteiger partial charge in [-0.05, 0) is 59.0 Å². The van der Waals surface area contributed by atoms with Crippen molar-refractivity contribution in [2.45, 2.75) is 43.0 Å². The number of rotatable bonds is 5. The van der Waals surface area contributed by atoms with Crippen molar-refractivity contribution in [3.63, 3.8) is 0 Å². The van der Waals surface area contributed by atoms with Crippen LogP contribution in [-0.4, -0.2) is 60.2 Å². The molecule has 0 unspecified atom stereocenters. The standard InChI is InChI=1S/C26H27ClN2O4S/c27-22-7-5-19-14-24(8-6-18(19)13-22)34(32,33)17-25(30)26(31)28-11-9-23(10-12-28)29-15-20-3-1-2-4-21(20)16-29/h1-8,13-14,23,25,30H,9-12,15-17H2/t25-/m1/s1. The van der Waals surface area contributed by atoms with Gasteiger partial charge in [-0.25, -0.2) is 8.42 Å². The molecule has 6 nitrogen and oxygen atoms in total. The third-order valence-electron chi connectivity index (χ3n) is 6.95. The molecule has 2 aliphatic heterocycles. The smallest absolute Gasteiger partial charge is 0.252 e. The number of piperidine rings is 1. The van der Waals surface area contributed by atoms with Crippen molar-refractivity contribution in [2.75, 3.05) is 18.8 Å². The molecule has 0 aliphatic carbocycles. The van der Waals surface area contributed by atoms with Crippen LogP contribution in [0, 0.1) is 0 Å². The normalized spacial score (nSPS) is 18.2. The monoisotopic (exact) mass is 498 g/mol. The number of likely N-dealkylation sites (tertiary alicyclic amines) is 1. The number of hydrogen-bond acceptors (Lipinski definition) is 5. The maximum atomic E-state index is 12.9. The number of benzene rings is 3. The summed E-state index contributed by atoms with van der Waals surface area (Å²) in [6.45, 7) is 2.88. The Hall–Kier alpha value is -2.45. The number of aliphatic hydroxyl groups excluding tert-OH is 1. The molecule has 178 valence electrons. The molecule has 2 heterocycles. The van der Waals surface area contributed by atoms with Crippen LogP contribution in [0.15, 0.2) is 65.6 Å². The van der Waals surface area contributed by atoms with Gasteiger partial charge in [-0.1, -0.05) is 48.0 Å². The Balaban J connectivity index is 1.19. The highest BCUT2D eigenvalue weighted by molar-refractivity contribution is 7.91. The average molecular weight is 499 g/mol. The molecule has 1 atom stereocenters. The first kappa shape index (κ1) is 23.3. The summed E-state index contributed by atoms with van der Waals surface area (Å²) in [4.78, 5) is 17.0. The molecule has 1 fully saturated rings. The highest BCUT2D eigenvalue weighted by Crippen LogP contribution is 2.29. The Morgan fingerprint density at radius 2 is 1.59 bits per heavy atom. The van der Waals surface area contributed by atoms with Crippen molar-refractivity contribution >= 4 is 38.1 Å². The number of fused-ring (bicyclic) bond motifs is 2. The van der Waals surface area contributed by atoms with E-state index in [1.807, 2.05) is 0 Å². The van der Waals surface area contributed by atoms with E-state index in [0.717, 1.165) is 36.7 Å². The first-order valence-electron chi connectivity index (χ1n) is 11.5. The summed E-state index contributed by atoms with van der Waals surface area (Å²) in [5, 5.41) is 12.6. The van der Waals surface area contributed by atoms with Crippen molar-refractivity contribution in [3.8, 4) is 0 Å². The Bertz CT molecular complexity index is 1310. The number of aliphatic hydroxyl groups is 1. The van der Waals surface area contributed by atoms with Crippen molar-refractivity contribution in [1.82, 2.24) is 9.80 Å². The van der Waals surface area contributed by atoms with E-state index < -0.39 is 27.6 Å². The molecule has 34 heavy (non-hydrogen) atoms. The van der Waals surface area contributed by atoms with Crippen molar-refractivity contribution in [2.24, 2.45) is 0 Å². The molecule has 3 aromatic carbocycles. The van der Waals surface area contributed by atoms with E-state index in [2.05, 4.69) is 29.2 Å². The number of nitrogens with zero attached hydrogens (tertiary/aromatic N) is 2. The lowest BCUT2D eigenvalue weighted by molar-refractivity contribution is -0.140. The van der Waals surface area contributed by atoms with E-state index in [-0.39, 0.29) is 4.90 Å². The van der Waals surface area contributed by atoms with E-state index in [1.54, 1.807) is 35.2 Å². The fourth-order valence-corrected chi connectivity index (χ4v) is 6.56. The summed E-state index contributed by atoms with van der Waals surface area (Å²) >= 11 is 6.00. The molecule has 0 saturated carbocycles. The van der Waals surface area contributed by atoms with Crippen molar-refractivity contribution in [3.05, 3.63) is 76.8 Å². The molecule has 0 aromatic heterocycles. The van der Waals surface area contributed by atoms with Gasteiger partial charge in [0, 0.05) is 37.2 Å². The van der Waals surface area contributed by atoms with Crippen LogP contribution in [0.1, 0.15) is 24.0 Å². The molecule has 0 spiro atoms. The maximum absolute atomic E-state index is 12.9. The summed E-state index contributed by atoms with van der Waals surface area (Å²) in [6, 6.07) is 18.8. The lowest BCUT2D eigenvalue weighted by atomic mass is 10.0. The van der Waals surface area contributed by atoms with Crippen LogP contribution in [0.3, 0.4) is 0 Å². The Morgan fingerprint density at radius 1 is 0.971 bits per heavy atom. The van der Waals surface area contributed by atoms with Gasteiger partial charge in [0.1, 0.15) is 6.10 Å². The Morgan fingerprint density at radius 3 is 2.26 bits per heavy atom. The van der Waals surface area contributed by atoms with Gasteiger partial charge in [0.15, 0.2) is 9.84 Å². The second-order valence-electron chi connectivity index (χ2n) is 9.18. The van der Waals surface area contributed by atoms with Crippen LogP contribution in [0.2, 0.25) is 5.02 Å². The van der Waals surface area contributed by atoms with Crippen molar-refractivity contribution in [1.29, 1.82) is 0 Å². The Labute approximate surface area is 204 Å². The number of amides is 1. The predicted molar refractivity (Wildman–Crippen MR) is 132 cm³/mol. The predicted octanol–water partition coefficient (Wildman–Crippen LogP) is 3.63. The second-order valence-corrected chi connectivity index (χ2v) is 11.7. The zero-order valence-electron chi connectivity index (χ0n) is 18.7. The van der Waals surface area contributed by atoms with Crippen LogP contribution in [0.5, 0.6) is 0 Å². The maximum Gasteiger partial charge on any atom is 0.252 e. The van der Waals surface area contributed by atoms with Gasteiger partial charge in [0.2, 0.25) is 0 Å². The fraction of sp³-hybridized carbons (Fsp3) is 0.346. The summed E-state index contributed by atoms with van der Waals surface area (Å²) in [5.41, 5.74) is 2.72. The van der Waals surface area contributed by atoms with Crippen LogP contribution < -0.4 is 0 Å². The van der Waals surface area contributed by atoms with Gasteiger partial charge in [0.05, 0.1) is 10.6 Å². The minimum absolute atomic E-state index is 0.0847. The number of hydrogen-bond donors (Lipinski definition) is 1. The molecular weight excluding hydrogens is 472 g/mol. The van der Waals surface area contributed by atoms with E-state index in [4.69, 9.17) is 11.6 Å². The minimum Gasteiger partial charge on any atom is -0.382 e. The number of carbonyl (C=O) groups excluding carboxylic acids is 1. The molecular formula is C26H27ClN2O4S. The number of carbonyl (C=O) groups is 1. The van der Waals surface area contributed by atoms with E-state index >= 15 is 0 Å². The Kier molecular flexibility index (Phi) is 6.37. The molecule has 1 N–H and O–H groups in total. The average Bonchev–Trinajstić information content (AvgIpc) is 3.27. The third-order valence-corrected chi connectivity index (χ3v) is 8.91. The fourth-order valence-electron chi connectivity index (χ4n) is 5.04. The zero-order valence-corrected chi connectivity index (χ0v) is 20.3. The highest BCUT2D eigenvalue weighted by atomic mass is 35.5. The molecule has 1 amide bonds. The number of halogens is 1. The summed E-state index contributed by atoms with van der Waals surface area (Å²) in [7, 11) is -3.84. The van der Waals surface area contributed by atoms with Crippen LogP contribution in [-0.2, 0) is 27.7 Å². The molecule has 3 aromatic rings. The highest BCUT2D eigenvalue weighted by Gasteiger charge is 2.33. The zero-order chi connectivity index (χ0) is 23.9. The SMILES string of the molecule is O=C([C@H](O)CS(=O)(=O)c1ccc2cc(Cl)ccc2c1)N1CCC(N2Cc3ccccc3C2)CC1. The first-order valence-corrected chi connectivity index (χ1v) is 13.5. The van der Waals surface area contributed by atoms with Gasteiger partial charge < -0.3 is 10.0 Å². The summed E-state index contributed by atoms with van der Waals surface area (Å²) < 4.78 is 25.8. The summed E-state index contributed by atoms with van der Waals surface area (Å²) in [6.07, 6.45) is 0.0392. The molecule has 2 aliphatic rings. The first-order chi connectivity index (χ1) is 16.3. The topological polar surface area (TPSA) is 77.9 Å². The van der Waals surface area contributed by atoms with Crippen LogP contribution in [0.4, 0.5) is 0 Å². The third kappa shape index (κ3) is 4.70. The number of sulfone groups is 1. The lowest BCUT2D eigenvalue weighted by Crippen LogP contribution is -2.49. The molecule has 0 bridgehead atoms. The van der Waals surface area contributed by atoms with Crippen molar-refractivity contribution < 1.29 is 18.3 Å². The van der Waals surface area contributed by atoms with E-state index in [0.29, 0.717) is 24.2 Å². The van der Waals surface area contributed by atoms with Gasteiger partial charge in [0.25, 0.3) is 5.91 Å². The molecule has 8 heteroatoms. The van der Waals surface area contributed by atoms with E-state index in [1.165, 1.54) is 17.2 Å². The van der Waals surface area contributed by atoms with Gasteiger partial charge in [-0.2, -0.15) is 0 Å². The quantitative estimate of drug-likeness (QED) is 0.581. The molecule has 0 radical (unpaired) electrons. The van der Waals surface area contributed by atoms with Crippen LogP contribution >= 0.6 is 11.6 Å². The van der Waals surface area contributed by atoms with Gasteiger partial charge >= 0.3 is 0 Å². The lowest BCUT2D eigenvalue weighted by Gasteiger charge is -2.37. The van der Waals surface area contributed by atoms with E-state index in [9.17, 15) is 18.3 Å². The van der Waals surface area contributed by atoms with Gasteiger partial charge in [-0.3, -0.25) is 9.69 Å². The van der Waals surface area contributed by atoms with Crippen LogP contribution in [0.25, 0.3) is 10.8 Å². The van der Waals surface area contributed by atoms with Gasteiger partial charge in [-0.15, -0.1) is 0 Å². The molecule has 5 rings (SSSR count). The largest absolute Gasteiger partial charge is 0.382 e. The minimum atomic E-state index is -3.84. The molecule has 1 saturated heterocycles.